The van der Waals surface area contributed by atoms with Gasteiger partial charge in [0.05, 0.1) is 0 Å². The van der Waals surface area contributed by atoms with Crippen LogP contribution >= 0.6 is 0 Å². The Hall–Kier alpha value is -2.62. The molecule has 2 aromatic carbocycles. The van der Waals surface area contributed by atoms with Crippen LogP contribution < -0.4 is 0 Å². The first-order valence-corrected chi connectivity index (χ1v) is 6.99. The van der Waals surface area contributed by atoms with Crippen molar-refractivity contribution in [3.8, 4) is 0 Å². The lowest BCUT2D eigenvalue weighted by Crippen LogP contribution is -2.18. The van der Waals surface area contributed by atoms with Crippen LogP contribution in [-0.2, 0) is 19.1 Å². The van der Waals surface area contributed by atoms with Gasteiger partial charge in [0.2, 0.25) is 0 Å². The highest BCUT2D eigenvalue weighted by Crippen LogP contribution is 2.26. The largest absolute Gasteiger partial charge is 0.455 e. The first-order chi connectivity index (χ1) is 10.5. The Bertz CT molecular complexity index is 713. The molecule has 22 heavy (non-hydrogen) atoms. The number of hydrogen-bond donors (Lipinski definition) is 0. The van der Waals surface area contributed by atoms with Crippen molar-refractivity contribution < 1.29 is 19.1 Å². The maximum absolute atomic E-state index is 11.8. The summed E-state index contributed by atoms with van der Waals surface area (Å²) < 4.78 is 10.1. The molecule has 0 fully saturated rings. The monoisotopic (exact) mass is 298 g/mol. The summed E-state index contributed by atoms with van der Waals surface area (Å²) in [6, 6.07) is 13.7. The van der Waals surface area contributed by atoms with Gasteiger partial charge in [-0.15, -0.1) is 0 Å². The third-order valence-electron chi connectivity index (χ3n) is 3.24. The zero-order chi connectivity index (χ0) is 16.1. The fourth-order valence-corrected chi connectivity index (χ4v) is 2.15. The fourth-order valence-electron chi connectivity index (χ4n) is 2.15. The highest BCUT2D eigenvalue weighted by molar-refractivity contribution is 5.89. The number of esters is 2. The van der Waals surface area contributed by atoms with E-state index < -0.39 is 24.6 Å². The van der Waals surface area contributed by atoms with Gasteiger partial charge in [0, 0.05) is 5.57 Å². The Morgan fingerprint density at radius 2 is 1.82 bits per heavy atom. The molecule has 0 saturated carbocycles. The van der Waals surface area contributed by atoms with E-state index in [2.05, 4.69) is 6.58 Å². The van der Waals surface area contributed by atoms with Crippen LogP contribution in [-0.4, -0.2) is 18.5 Å². The van der Waals surface area contributed by atoms with Crippen LogP contribution in [0.25, 0.3) is 10.8 Å². The Labute approximate surface area is 129 Å². The topological polar surface area (TPSA) is 52.6 Å². The first kappa shape index (κ1) is 15.8. The Morgan fingerprint density at radius 1 is 1.14 bits per heavy atom. The third kappa shape index (κ3) is 3.73. The van der Waals surface area contributed by atoms with Crippen LogP contribution in [0.2, 0.25) is 0 Å². The highest BCUT2D eigenvalue weighted by Gasteiger charge is 2.15. The van der Waals surface area contributed by atoms with Gasteiger partial charge < -0.3 is 9.47 Å². The summed E-state index contributed by atoms with van der Waals surface area (Å²) >= 11 is 0. The van der Waals surface area contributed by atoms with E-state index in [1.165, 1.54) is 6.92 Å². The Kier molecular flexibility index (Phi) is 4.94. The van der Waals surface area contributed by atoms with E-state index in [0.717, 1.165) is 16.3 Å². The number of ether oxygens (including phenoxy) is 2. The second kappa shape index (κ2) is 6.89. The minimum absolute atomic E-state index is 0.245. The summed E-state index contributed by atoms with van der Waals surface area (Å²) in [5, 5.41) is 2.11. The van der Waals surface area contributed by atoms with E-state index in [1.54, 1.807) is 6.92 Å². The molecule has 0 heterocycles. The molecule has 0 radical (unpaired) electrons. The van der Waals surface area contributed by atoms with Crippen molar-refractivity contribution in [1.29, 1.82) is 0 Å². The van der Waals surface area contributed by atoms with Crippen LogP contribution in [0, 0.1) is 0 Å². The molecule has 0 amide bonds. The fraction of sp³-hybridized carbons (Fsp3) is 0.222. The molecule has 1 atom stereocenters. The quantitative estimate of drug-likeness (QED) is 0.625. The third-order valence-corrected chi connectivity index (χ3v) is 3.24. The normalized spacial score (nSPS) is 11.7. The Balaban J connectivity index is 2.05. The predicted octanol–water partition coefficient (Wildman–Crippen LogP) is 3.56. The standard InChI is InChI=1S/C18H18O4/c1-12(2)18(20)21-11-17(19)22-13(3)15-10-6-8-14-7-4-5-9-16(14)15/h4-10,13H,1,11H2,2-3H3. The van der Waals surface area contributed by atoms with Crippen molar-refractivity contribution in [2.45, 2.75) is 20.0 Å². The van der Waals surface area contributed by atoms with Crippen molar-refractivity contribution in [3.63, 3.8) is 0 Å². The molecule has 0 aliphatic carbocycles. The molecule has 0 aliphatic rings. The van der Waals surface area contributed by atoms with Gasteiger partial charge >= 0.3 is 11.9 Å². The lowest BCUT2D eigenvalue weighted by molar-refractivity contribution is -0.160. The summed E-state index contributed by atoms with van der Waals surface area (Å²) in [4.78, 5) is 23.0. The van der Waals surface area contributed by atoms with Gasteiger partial charge in [0.15, 0.2) is 6.61 Å². The summed E-state index contributed by atoms with van der Waals surface area (Å²) in [5.74, 6) is -1.19. The summed E-state index contributed by atoms with van der Waals surface area (Å²) in [6.07, 6.45) is -0.429. The van der Waals surface area contributed by atoms with Crippen molar-refractivity contribution in [2.24, 2.45) is 0 Å². The zero-order valence-corrected chi connectivity index (χ0v) is 12.7. The van der Waals surface area contributed by atoms with Crippen molar-refractivity contribution in [2.75, 3.05) is 6.61 Å². The average Bonchev–Trinajstić information content (AvgIpc) is 2.51. The second-order valence-electron chi connectivity index (χ2n) is 5.06. The maximum atomic E-state index is 11.8. The number of carbonyl (C=O) groups excluding carboxylic acids is 2. The SMILES string of the molecule is C=C(C)C(=O)OCC(=O)OC(C)c1cccc2ccccc12. The molecule has 0 N–H and O–H groups in total. The van der Waals surface area contributed by atoms with Gasteiger partial charge in [-0.05, 0) is 30.2 Å². The lowest BCUT2D eigenvalue weighted by atomic mass is 10.0. The van der Waals surface area contributed by atoms with Gasteiger partial charge in [-0.1, -0.05) is 49.0 Å². The molecule has 0 aromatic heterocycles. The maximum Gasteiger partial charge on any atom is 0.344 e. The van der Waals surface area contributed by atoms with Crippen LogP contribution in [0.1, 0.15) is 25.5 Å². The van der Waals surface area contributed by atoms with E-state index >= 15 is 0 Å². The lowest BCUT2D eigenvalue weighted by Gasteiger charge is -2.16. The smallest absolute Gasteiger partial charge is 0.344 e. The van der Waals surface area contributed by atoms with E-state index in [1.807, 2.05) is 42.5 Å². The number of carbonyl (C=O) groups is 2. The molecule has 0 spiro atoms. The van der Waals surface area contributed by atoms with Crippen molar-refractivity contribution >= 4 is 22.7 Å². The summed E-state index contributed by atoms with van der Waals surface area (Å²) in [7, 11) is 0. The molecule has 114 valence electrons. The summed E-state index contributed by atoms with van der Waals surface area (Å²) in [5.41, 5.74) is 1.16. The molecular weight excluding hydrogens is 280 g/mol. The molecule has 0 saturated heterocycles. The van der Waals surface area contributed by atoms with E-state index in [0.29, 0.717) is 0 Å². The van der Waals surface area contributed by atoms with Crippen LogP contribution in [0.4, 0.5) is 0 Å². The molecular formula is C18H18O4. The van der Waals surface area contributed by atoms with Gasteiger partial charge in [0.1, 0.15) is 6.10 Å². The van der Waals surface area contributed by atoms with E-state index in [4.69, 9.17) is 9.47 Å². The predicted molar refractivity (Wildman–Crippen MR) is 84.2 cm³/mol. The zero-order valence-electron chi connectivity index (χ0n) is 12.7. The van der Waals surface area contributed by atoms with Crippen LogP contribution in [0.5, 0.6) is 0 Å². The minimum atomic E-state index is -0.602. The van der Waals surface area contributed by atoms with Crippen molar-refractivity contribution in [1.82, 2.24) is 0 Å². The average molecular weight is 298 g/mol. The number of rotatable bonds is 5. The minimum Gasteiger partial charge on any atom is -0.455 e. The first-order valence-electron chi connectivity index (χ1n) is 6.99. The number of hydrogen-bond acceptors (Lipinski definition) is 4. The van der Waals surface area contributed by atoms with E-state index in [9.17, 15) is 9.59 Å². The number of fused-ring (bicyclic) bond motifs is 1. The molecule has 0 bridgehead atoms. The second-order valence-corrected chi connectivity index (χ2v) is 5.06. The van der Waals surface area contributed by atoms with E-state index in [-0.39, 0.29) is 5.57 Å². The molecule has 2 rings (SSSR count). The van der Waals surface area contributed by atoms with Gasteiger partial charge in [-0.3, -0.25) is 0 Å². The summed E-state index contributed by atoms with van der Waals surface area (Å²) in [6.45, 7) is 6.35. The highest BCUT2D eigenvalue weighted by atomic mass is 16.6. The van der Waals surface area contributed by atoms with Gasteiger partial charge in [-0.25, -0.2) is 9.59 Å². The molecule has 0 aliphatic heterocycles. The van der Waals surface area contributed by atoms with Gasteiger partial charge in [-0.2, -0.15) is 0 Å². The number of benzene rings is 2. The van der Waals surface area contributed by atoms with Crippen LogP contribution in [0.3, 0.4) is 0 Å². The molecule has 1 unspecified atom stereocenters. The molecule has 4 heteroatoms. The molecule has 2 aromatic rings. The Morgan fingerprint density at radius 3 is 2.55 bits per heavy atom. The van der Waals surface area contributed by atoms with Crippen LogP contribution in [0.15, 0.2) is 54.6 Å². The van der Waals surface area contributed by atoms with Crippen molar-refractivity contribution in [3.05, 3.63) is 60.2 Å². The molecule has 4 nitrogen and oxygen atoms in total. The van der Waals surface area contributed by atoms with Gasteiger partial charge in [0.25, 0.3) is 0 Å².